The summed E-state index contributed by atoms with van der Waals surface area (Å²) in [5.41, 5.74) is 0. The minimum absolute atomic E-state index is 0.0891. The van der Waals surface area contributed by atoms with Crippen LogP contribution in [0.3, 0.4) is 0 Å². The maximum atomic E-state index is 11.4. The van der Waals surface area contributed by atoms with Gasteiger partial charge in [0.2, 0.25) is 0 Å². The predicted molar refractivity (Wildman–Crippen MR) is 73.6 cm³/mol. The van der Waals surface area contributed by atoms with Gasteiger partial charge in [-0.15, -0.1) is 0 Å². The number of sulfone groups is 1. The molecule has 0 radical (unpaired) electrons. The molecule has 0 atom stereocenters. The van der Waals surface area contributed by atoms with Crippen molar-refractivity contribution in [2.45, 2.75) is 13.3 Å². The first-order valence-electron chi connectivity index (χ1n) is 5.13. The second kappa shape index (κ2) is 6.44. The van der Waals surface area contributed by atoms with E-state index in [0.29, 0.717) is 6.42 Å². The van der Waals surface area contributed by atoms with E-state index in [2.05, 4.69) is 22.6 Å². The van der Waals surface area contributed by atoms with Crippen LogP contribution in [0.25, 0.3) is 0 Å². The first kappa shape index (κ1) is 13.8. The Balaban J connectivity index is 2.45. The second-order valence-corrected chi connectivity index (χ2v) is 6.90. The van der Waals surface area contributed by atoms with Gasteiger partial charge in [0, 0.05) is 0 Å². The van der Waals surface area contributed by atoms with Gasteiger partial charge in [-0.2, -0.15) is 0 Å². The minimum Gasteiger partial charge on any atom is -0.491 e. The van der Waals surface area contributed by atoms with Gasteiger partial charge in [0.25, 0.3) is 0 Å². The highest BCUT2D eigenvalue weighted by atomic mass is 127. The molecule has 16 heavy (non-hydrogen) atoms. The Morgan fingerprint density at radius 1 is 1.25 bits per heavy atom. The molecule has 0 amide bonds. The van der Waals surface area contributed by atoms with Crippen molar-refractivity contribution in [2.75, 3.05) is 18.1 Å². The van der Waals surface area contributed by atoms with Gasteiger partial charge in [0.1, 0.15) is 12.4 Å². The van der Waals surface area contributed by atoms with Crippen molar-refractivity contribution in [1.82, 2.24) is 0 Å². The molecule has 0 saturated heterocycles. The van der Waals surface area contributed by atoms with E-state index in [-0.39, 0.29) is 18.1 Å². The van der Waals surface area contributed by atoms with Gasteiger partial charge in [0.05, 0.1) is 15.1 Å². The van der Waals surface area contributed by atoms with E-state index in [0.717, 1.165) is 9.32 Å². The van der Waals surface area contributed by atoms with Crippen LogP contribution in [-0.4, -0.2) is 26.5 Å². The summed E-state index contributed by atoms with van der Waals surface area (Å²) in [4.78, 5) is 0. The highest BCUT2D eigenvalue weighted by Crippen LogP contribution is 2.19. The first-order valence-corrected chi connectivity index (χ1v) is 8.03. The fourth-order valence-electron chi connectivity index (χ4n) is 1.25. The third-order valence-corrected chi connectivity index (χ3v) is 4.71. The molecule has 1 aromatic carbocycles. The largest absolute Gasteiger partial charge is 0.491 e. The van der Waals surface area contributed by atoms with Crippen molar-refractivity contribution >= 4 is 32.4 Å². The summed E-state index contributed by atoms with van der Waals surface area (Å²) in [6.07, 6.45) is 0.658. The SMILES string of the molecule is CCCS(=O)(=O)CCOc1ccccc1I. The fourth-order valence-corrected chi connectivity index (χ4v) is 2.96. The minimum atomic E-state index is -2.94. The lowest BCUT2D eigenvalue weighted by Gasteiger charge is -2.07. The summed E-state index contributed by atoms with van der Waals surface area (Å²) in [5, 5.41) is 0. The molecule has 1 rings (SSSR count). The lowest BCUT2D eigenvalue weighted by Crippen LogP contribution is -2.16. The zero-order chi connectivity index (χ0) is 12.0. The average molecular weight is 354 g/mol. The summed E-state index contributed by atoms with van der Waals surface area (Å²) < 4.78 is 29.3. The number of rotatable bonds is 6. The Kier molecular flexibility index (Phi) is 5.54. The van der Waals surface area contributed by atoms with E-state index in [1.807, 2.05) is 31.2 Å². The van der Waals surface area contributed by atoms with Crippen LogP contribution in [0.15, 0.2) is 24.3 Å². The van der Waals surface area contributed by atoms with E-state index in [1.165, 1.54) is 0 Å². The smallest absolute Gasteiger partial charge is 0.153 e. The van der Waals surface area contributed by atoms with Crippen LogP contribution in [0, 0.1) is 3.57 Å². The van der Waals surface area contributed by atoms with E-state index in [1.54, 1.807) is 0 Å². The molecule has 0 aliphatic carbocycles. The Hall–Kier alpha value is -0.300. The molecule has 90 valence electrons. The number of halogens is 1. The summed E-state index contributed by atoms with van der Waals surface area (Å²) in [7, 11) is -2.94. The molecule has 1 aromatic rings. The third kappa shape index (κ3) is 4.69. The summed E-state index contributed by atoms with van der Waals surface area (Å²) in [6, 6.07) is 7.56. The lowest BCUT2D eigenvalue weighted by atomic mass is 10.3. The number of para-hydroxylation sites is 1. The zero-order valence-electron chi connectivity index (χ0n) is 9.15. The molecule has 0 unspecified atom stereocenters. The van der Waals surface area contributed by atoms with Gasteiger partial charge in [-0.3, -0.25) is 0 Å². The van der Waals surface area contributed by atoms with Crippen LogP contribution < -0.4 is 4.74 Å². The van der Waals surface area contributed by atoms with Crippen molar-refractivity contribution < 1.29 is 13.2 Å². The van der Waals surface area contributed by atoms with Crippen molar-refractivity contribution in [3.63, 3.8) is 0 Å². The number of hydrogen-bond donors (Lipinski definition) is 0. The molecular formula is C11H15IO3S. The van der Waals surface area contributed by atoms with Crippen LogP contribution in [0.4, 0.5) is 0 Å². The molecule has 0 heterocycles. The van der Waals surface area contributed by atoms with Crippen LogP contribution in [0.2, 0.25) is 0 Å². The summed E-state index contributed by atoms with van der Waals surface area (Å²) >= 11 is 2.16. The molecular weight excluding hydrogens is 339 g/mol. The molecule has 3 nitrogen and oxygen atoms in total. The van der Waals surface area contributed by atoms with Crippen molar-refractivity contribution in [3.05, 3.63) is 27.8 Å². The van der Waals surface area contributed by atoms with Crippen LogP contribution >= 0.6 is 22.6 Å². The van der Waals surface area contributed by atoms with Gasteiger partial charge in [0.15, 0.2) is 9.84 Å². The molecule has 5 heteroatoms. The number of hydrogen-bond acceptors (Lipinski definition) is 3. The predicted octanol–water partition coefficient (Wildman–Crippen LogP) is 2.49. The maximum Gasteiger partial charge on any atom is 0.153 e. The Morgan fingerprint density at radius 2 is 1.94 bits per heavy atom. The quantitative estimate of drug-likeness (QED) is 0.738. The average Bonchev–Trinajstić information content (AvgIpc) is 2.20. The molecule has 0 aliphatic rings. The van der Waals surface area contributed by atoms with Crippen molar-refractivity contribution in [1.29, 1.82) is 0 Å². The monoisotopic (exact) mass is 354 g/mol. The van der Waals surface area contributed by atoms with Gasteiger partial charge >= 0.3 is 0 Å². The maximum absolute atomic E-state index is 11.4. The lowest BCUT2D eigenvalue weighted by molar-refractivity contribution is 0.338. The molecule has 0 bridgehead atoms. The highest BCUT2D eigenvalue weighted by molar-refractivity contribution is 14.1. The van der Waals surface area contributed by atoms with Gasteiger partial charge < -0.3 is 4.74 Å². The molecule has 0 saturated carbocycles. The van der Waals surface area contributed by atoms with Crippen molar-refractivity contribution in [3.8, 4) is 5.75 Å². The zero-order valence-corrected chi connectivity index (χ0v) is 12.1. The van der Waals surface area contributed by atoms with Crippen LogP contribution in [0.5, 0.6) is 5.75 Å². The van der Waals surface area contributed by atoms with E-state index in [4.69, 9.17) is 4.74 Å². The standard InChI is InChI=1S/C11H15IO3S/c1-2-8-16(13,14)9-7-15-11-6-4-3-5-10(11)12/h3-6H,2,7-9H2,1H3. The van der Waals surface area contributed by atoms with Gasteiger partial charge in [-0.25, -0.2) is 8.42 Å². The van der Waals surface area contributed by atoms with Gasteiger partial charge in [-0.1, -0.05) is 19.1 Å². The second-order valence-electron chi connectivity index (χ2n) is 3.43. The Morgan fingerprint density at radius 3 is 2.56 bits per heavy atom. The third-order valence-electron chi connectivity index (χ3n) is 2.00. The van der Waals surface area contributed by atoms with E-state index in [9.17, 15) is 8.42 Å². The number of benzene rings is 1. The van der Waals surface area contributed by atoms with Crippen LogP contribution in [-0.2, 0) is 9.84 Å². The van der Waals surface area contributed by atoms with E-state index >= 15 is 0 Å². The normalized spacial score (nSPS) is 11.4. The summed E-state index contributed by atoms with van der Waals surface area (Å²) in [5.74, 6) is 1.07. The molecule has 0 spiro atoms. The Labute approximate surface area is 110 Å². The Bertz CT molecular complexity index is 429. The molecule has 0 aromatic heterocycles. The van der Waals surface area contributed by atoms with Crippen LogP contribution in [0.1, 0.15) is 13.3 Å². The topological polar surface area (TPSA) is 43.4 Å². The summed E-state index contributed by atoms with van der Waals surface area (Å²) in [6.45, 7) is 2.08. The highest BCUT2D eigenvalue weighted by Gasteiger charge is 2.09. The fraction of sp³-hybridized carbons (Fsp3) is 0.455. The van der Waals surface area contributed by atoms with E-state index < -0.39 is 9.84 Å². The molecule has 0 fully saturated rings. The number of ether oxygens (including phenoxy) is 1. The molecule has 0 aliphatic heterocycles. The van der Waals surface area contributed by atoms with Crippen molar-refractivity contribution in [2.24, 2.45) is 0 Å². The first-order chi connectivity index (χ1) is 7.55. The molecule has 0 N–H and O–H groups in total. The van der Waals surface area contributed by atoms with Gasteiger partial charge in [-0.05, 0) is 41.1 Å².